The smallest absolute Gasteiger partial charge is 0.221 e. The topological polar surface area (TPSA) is 63.4 Å². The first kappa shape index (κ1) is 7.58. The fraction of sp³-hybridized carbons (Fsp3) is 0.750. The van der Waals surface area contributed by atoms with Crippen molar-refractivity contribution in [3.63, 3.8) is 0 Å². The lowest BCUT2D eigenvalue weighted by atomic mass is 10.2. The summed E-state index contributed by atoms with van der Waals surface area (Å²) in [6.45, 7) is 3.02. The number of piperidine rings is 1. The van der Waals surface area contributed by atoms with Crippen LogP contribution < -0.4 is 5.73 Å². The van der Waals surface area contributed by atoms with E-state index in [4.69, 9.17) is 5.73 Å². The molecule has 1 aliphatic carbocycles. The van der Waals surface area contributed by atoms with Gasteiger partial charge in [0.2, 0.25) is 11.8 Å². The molecule has 0 aromatic rings. The van der Waals surface area contributed by atoms with Gasteiger partial charge in [-0.2, -0.15) is 0 Å². The molecule has 0 aromatic heterocycles. The van der Waals surface area contributed by atoms with E-state index in [0.717, 1.165) is 13.1 Å². The first-order valence-electron chi connectivity index (χ1n) is 4.16. The Morgan fingerprint density at radius 1 is 1.33 bits per heavy atom. The fourth-order valence-electron chi connectivity index (χ4n) is 2.21. The molecule has 2 fully saturated rings. The van der Waals surface area contributed by atoms with E-state index in [9.17, 15) is 9.59 Å². The largest absolute Gasteiger partial charge is 0.369 e. The SMILES string of the molecule is CC(=O)N1CC2C(C1)C2C(N)=O. The van der Waals surface area contributed by atoms with Crippen molar-refractivity contribution in [3.05, 3.63) is 0 Å². The number of hydrogen-bond acceptors (Lipinski definition) is 2. The zero-order valence-corrected chi connectivity index (χ0v) is 6.99. The second-order valence-electron chi connectivity index (χ2n) is 3.68. The Labute approximate surface area is 70.7 Å². The highest BCUT2D eigenvalue weighted by atomic mass is 16.2. The molecule has 2 N–H and O–H groups in total. The lowest BCUT2D eigenvalue weighted by Gasteiger charge is -2.16. The zero-order valence-electron chi connectivity index (χ0n) is 6.99. The number of hydrogen-bond donors (Lipinski definition) is 1. The number of likely N-dealkylation sites (tertiary alicyclic amines) is 1. The highest BCUT2D eigenvalue weighted by Gasteiger charge is 2.59. The second-order valence-corrected chi connectivity index (χ2v) is 3.68. The van der Waals surface area contributed by atoms with Crippen LogP contribution in [0.1, 0.15) is 6.92 Å². The Balaban J connectivity index is 1.94. The zero-order chi connectivity index (χ0) is 8.88. The van der Waals surface area contributed by atoms with Gasteiger partial charge in [-0.25, -0.2) is 0 Å². The number of nitrogens with two attached hydrogens (primary N) is 1. The van der Waals surface area contributed by atoms with E-state index in [2.05, 4.69) is 0 Å². The molecular weight excluding hydrogens is 156 g/mol. The third-order valence-electron chi connectivity index (χ3n) is 2.97. The molecule has 1 aliphatic heterocycles. The maximum Gasteiger partial charge on any atom is 0.221 e. The van der Waals surface area contributed by atoms with Crippen molar-refractivity contribution in [1.82, 2.24) is 4.90 Å². The lowest BCUT2D eigenvalue weighted by Crippen LogP contribution is -2.31. The average molecular weight is 168 g/mol. The highest BCUT2D eigenvalue weighted by molar-refractivity contribution is 5.82. The molecule has 4 nitrogen and oxygen atoms in total. The number of carbonyl (C=O) groups excluding carboxylic acids is 2. The number of fused-ring (bicyclic) bond motifs is 1. The molecule has 1 heterocycles. The molecular formula is C8H12N2O2. The van der Waals surface area contributed by atoms with Crippen molar-refractivity contribution in [2.24, 2.45) is 23.5 Å². The van der Waals surface area contributed by atoms with Crippen molar-refractivity contribution in [1.29, 1.82) is 0 Å². The Morgan fingerprint density at radius 3 is 2.17 bits per heavy atom. The van der Waals surface area contributed by atoms with Gasteiger partial charge in [-0.15, -0.1) is 0 Å². The third-order valence-corrected chi connectivity index (χ3v) is 2.97. The average Bonchev–Trinajstić information content (AvgIpc) is 2.48. The number of carbonyl (C=O) groups is 2. The minimum Gasteiger partial charge on any atom is -0.369 e. The van der Waals surface area contributed by atoms with Crippen LogP contribution in [-0.2, 0) is 9.59 Å². The van der Waals surface area contributed by atoms with Crippen molar-refractivity contribution in [2.45, 2.75) is 6.92 Å². The Morgan fingerprint density at radius 2 is 1.83 bits per heavy atom. The Kier molecular flexibility index (Phi) is 1.40. The summed E-state index contributed by atoms with van der Waals surface area (Å²) in [6, 6.07) is 0. The first-order valence-corrected chi connectivity index (χ1v) is 4.16. The monoisotopic (exact) mass is 168 g/mol. The standard InChI is InChI=1S/C8H12N2O2/c1-4(11)10-2-5-6(3-10)7(5)8(9)12/h5-7H,2-3H2,1H3,(H2,9,12). The van der Waals surface area contributed by atoms with Gasteiger partial charge in [0.05, 0.1) is 0 Å². The van der Waals surface area contributed by atoms with Crippen LogP contribution >= 0.6 is 0 Å². The molecule has 4 heteroatoms. The third kappa shape index (κ3) is 0.906. The number of nitrogens with zero attached hydrogens (tertiary/aromatic N) is 1. The van der Waals surface area contributed by atoms with Gasteiger partial charge >= 0.3 is 0 Å². The number of rotatable bonds is 1. The van der Waals surface area contributed by atoms with Gasteiger partial charge in [0.15, 0.2) is 0 Å². The summed E-state index contributed by atoms with van der Waals surface area (Å²) in [5.74, 6) is 0.692. The van der Waals surface area contributed by atoms with Gasteiger partial charge in [-0.3, -0.25) is 9.59 Å². The Hall–Kier alpha value is -1.06. The van der Waals surface area contributed by atoms with Gasteiger partial charge in [0.25, 0.3) is 0 Å². The van der Waals surface area contributed by atoms with Crippen molar-refractivity contribution < 1.29 is 9.59 Å². The van der Waals surface area contributed by atoms with Gasteiger partial charge in [-0.05, 0) is 11.8 Å². The van der Waals surface area contributed by atoms with Crippen LogP contribution in [0.4, 0.5) is 0 Å². The molecule has 1 saturated heterocycles. The van der Waals surface area contributed by atoms with Gasteiger partial charge in [0.1, 0.15) is 0 Å². The van der Waals surface area contributed by atoms with Crippen molar-refractivity contribution in [2.75, 3.05) is 13.1 Å². The van der Waals surface area contributed by atoms with Crippen LogP contribution in [0.15, 0.2) is 0 Å². The molecule has 0 aromatic carbocycles. The molecule has 66 valence electrons. The molecule has 2 rings (SSSR count). The molecule has 12 heavy (non-hydrogen) atoms. The van der Waals surface area contributed by atoms with Crippen molar-refractivity contribution >= 4 is 11.8 Å². The summed E-state index contributed by atoms with van der Waals surface area (Å²) in [7, 11) is 0. The molecule has 2 atom stereocenters. The molecule has 2 aliphatic rings. The maximum atomic E-state index is 10.9. The minimum atomic E-state index is -0.201. The summed E-state index contributed by atoms with van der Waals surface area (Å²) >= 11 is 0. The molecule has 0 spiro atoms. The second kappa shape index (κ2) is 2.21. The quantitative estimate of drug-likeness (QED) is 0.557. The normalized spacial score (nSPS) is 37.8. The van der Waals surface area contributed by atoms with E-state index in [-0.39, 0.29) is 17.7 Å². The van der Waals surface area contributed by atoms with Crippen LogP contribution in [-0.4, -0.2) is 29.8 Å². The minimum absolute atomic E-state index is 0.0561. The predicted octanol–water partition coefficient (Wildman–Crippen LogP) is -0.804. The van der Waals surface area contributed by atoms with Crippen LogP contribution in [0.25, 0.3) is 0 Å². The van der Waals surface area contributed by atoms with Crippen molar-refractivity contribution in [3.8, 4) is 0 Å². The lowest BCUT2D eigenvalue weighted by molar-refractivity contribution is -0.129. The maximum absolute atomic E-state index is 10.9. The van der Waals surface area contributed by atoms with Crippen LogP contribution in [0.5, 0.6) is 0 Å². The van der Waals surface area contributed by atoms with Crippen LogP contribution in [0.2, 0.25) is 0 Å². The van der Waals surface area contributed by atoms with E-state index in [0.29, 0.717) is 11.8 Å². The molecule has 1 saturated carbocycles. The van der Waals surface area contributed by atoms with Gasteiger partial charge in [0, 0.05) is 25.9 Å². The van der Waals surface area contributed by atoms with E-state index in [1.54, 1.807) is 11.8 Å². The van der Waals surface area contributed by atoms with Gasteiger partial charge < -0.3 is 10.6 Å². The van der Waals surface area contributed by atoms with Gasteiger partial charge in [-0.1, -0.05) is 0 Å². The summed E-state index contributed by atoms with van der Waals surface area (Å²) < 4.78 is 0. The summed E-state index contributed by atoms with van der Waals surface area (Å²) in [5, 5.41) is 0. The molecule has 0 radical (unpaired) electrons. The van der Waals surface area contributed by atoms with E-state index >= 15 is 0 Å². The first-order chi connectivity index (χ1) is 5.61. The number of amides is 2. The highest BCUT2D eigenvalue weighted by Crippen LogP contribution is 2.51. The van der Waals surface area contributed by atoms with E-state index in [1.807, 2.05) is 0 Å². The van der Waals surface area contributed by atoms with E-state index in [1.165, 1.54) is 0 Å². The molecule has 0 bridgehead atoms. The summed E-state index contributed by atoms with van der Waals surface area (Å²) in [5.41, 5.74) is 5.17. The Bertz CT molecular complexity index is 227. The number of primary amides is 1. The molecule has 2 amide bonds. The predicted molar refractivity (Wildman–Crippen MR) is 41.9 cm³/mol. The molecule has 2 unspecified atom stereocenters. The van der Waals surface area contributed by atoms with E-state index < -0.39 is 0 Å². The summed E-state index contributed by atoms with van der Waals surface area (Å²) in [6.07, 6.45) is 0. The van der Waals surface area contributed by atoms with Crippen LogP contribution in [0.3, 0.4) is 0 Å². The summed E-state index contributed by atoms with van der Waals surface area (Å²) in [4.78, 5) is 23.5. The fourth-order valence-corrected chi connectivity index (χ4v) is 2.21. The van der Waals surface area contributed by atoms with Crippen LogP contribution in [0, 0.1) is 17.8 Å².